The number of guanidine groups is 1. The molecule has 0 aliphatic heterocycles. The van der Waals surface area contributed by atoms with E-state index in [4.69, 9.17) is 0 Å². The monoisotopic (exact) mass is 303 g/mol. The van der Waals surface area contributed by atoms with Gasteiger partial charge in [-0.3, -0.25) is 4.99 Å². The van der Waals surface area contributed by atoms with Crippen molar-refractivity contribution in [3.05, 3.63) is 35.2 Å². The van der Waals surface area contributed by atoms with Gasteiger partial charge < -0.3 is 15.7 Å². The van der Waals surface area contributed by atoms with Crippen LogP contribution in [0.15, 0.2) is 35.3 Å². The van der Waals surface area contributed by atoms with Crippen LogP contribution in [0.1, 0.15) is 23.8 Å². The second-order valence-electron chi connectivity index (χ2n) is 5.48. The molecule has 112 valence electrons. The Morgan fingerprint density at radius 1 is 1.38 bits per heavy atom. The number of nitrogens with zero attached hydrogens (tertiary/aromatic N) is 1. The van der Waals surface area contributed by atoms with Crippen LogP contribution in [-0.4, -0.2) is 31.2 Å². The van der Waals surface area contributed by atoms with Crippen molar-refractivity contribution in [1.82, 2.24) is 10.6 Å². The van der Waals surface area contributed by atoms with E-state index in [9.17, 15) is 5.11 Å². The molecule has 0 saturated heterocycles. The molecule has 1 aliphatic carbocycles. The zero-order valence-corrected chi connectivity index (χ0v) is 13.0. The summed E-state index contributed by atoms with van der Waals surface area (Å²) in [6.07, 6.45) is 2.12. The molecule has 1 unspecified atom stereocenters. The van der Waals surface area contributed by atoms with Crippen molar-refractivity contribution >= 4 is 27.4 Å². The summed E-state index contributed by atoms with van der Waals surface area (Å²) in [4.78, 5) is 5.17. The topological polar surface area (TPSA) is 56.7 Å². The Morgan fingerprint density at radius 3 is 2.90 bits per heavy atom. The summed E-state index contributed by atoms with van der Waals surface area (Å²) in [5, 5.41) is 18.0. The van der Waals surface area contributed by atoms with Crippen LogP contribution >= 0.6 is 11.3 Å². The first-order valence-electron chi connectivity index (χ1n) is 7.37. The number of thiophene rings is 1. The third kappa shape index (κ3) is 3.74. The molecule has 1 aromatic carbocycles. The molecule has 5 heteroatoms. The van der Waals surface area contributed by atoms with Gasteiger partial charge in [-0.1, -0.05) is 18.2 Å². The lowest BCUT2D eigenvalue weighted by molar-refractivity contribution is 0.184. The molecule has 0 radical (unpaired) electrons. The number of aliphatic imine (C=N–C) groups is 1. The van der Waals surface area contributed by atoms with E-state index in [1.54, 1.807) is 18.4 Å². The molecule has 4 nitrogen and oxygen atoms in total. The molecular weight excluding hydrogens is 282 g/mol. The van der Waals surface area contributed by atoms with Crippen LogP contribution in [0.2, 0.25) is 0 Å². The molecule has 1 saturated carbocycles. The lowest BCUT2D eigenvalue weighted by atomic mass is 10.2. The molecule has 1 heterocycles. The average Bonchev–Trinajstić information content (AvgIpc) is 3.23. The van der Waals surface area contributed by atoms with Crippen molar-refractivity contribution in [1.29, 1.82) is 0 Å². The number of hydrogen-bond donors (Lipinski definition) is 3. The minimum atomic E-state index is -0.512. The van der Waals surface area contributed by atoms with Crippen LogP contribution in [0.3, 0.4) is 0 Å². The summed E-state index contributed by atoms with van der Waals surface area (Å²) >= 11 is 1.64. The third-order valence-electron chi connectivity index (χ3n) is 3.71. The highest BCUT2D eigenvalue weighted by Crippen LogP contribution is 2.29. The van der Waals surface area contributed by atoms with E-state index >= 15 is 0 Å². The van der Waals surface area contributed by atoms with Gasteiger partial charge in [0.25, 0.3) is 0 Å². The smallest absolute Gasteiger partial charge is 0.191 e. The molecule has 1 fully saturated rings. The Morgan fingerprint density at radius 2 is 2.19 bits per heavy atom. The lowest BCUT2D eigenvalue weighted by Gasteiger charge is -2.14. The minimum absolute atomic E-state index is 0.469. The summed E-state index contributed by atoms with van der Waals surface area (Å²) in [6.45, 7) is 1.44. The van der Waals surface area contributed by atoms with E-state index in [2.05, 4.69) is 33.8 Å². The van der Waals surface area contributed by atoms with Crippen molar-refractivity contribution < 1.29 is 5.11 Å². The van der Waals surface area contributed by atoms with Crippen molar-refractivity contribution in [2.24, 2.45) is 10.9 Å². The number of nitrogens with one attached hydrogen (secondary N) is 2. The Bertz CT molecular complexity index is 600. The fraction of sp³-hybridized carbons (Fsp3) is 0.438. The maximum atomic E-state index is 10.3. The van der Waals surface area contributed by atoms with E-state index in [1.807, 2.05) is 12.1 Å². The third-order valence-corrected chi connectivity index (χ3v) is 4.93. The first kappa shape index (κ1) is 14.4. The van der Waals surface area contributed by atoms with E-state index in [0.29, 0.717) is 6.54 Å². The van der Waals surface area contributed by atoms with Crippen molar-refractivity contribution in [2.75, 3.05) is 20.1 Å². The number of aliphatic hydroxyl groups excluding tert-OH is 1. The number of fused-ring (bicyclic) bond motifs is 1. The number of benzene rings is 1. The van der Waals surface area contributed by atoms with Gasteiger partial charge in [0.05, 0.1) is 0 Å². The van der Waals surface area contributed by atoms with Gasteiger partial charge in [0, 0.05) is 29.7 Å². The number of rotatable bonds is 5. The van der Waals surface area contributed by atoms with E-state index in [0.717, 1.165) is 23.3 Å². The number of aliphatic hydroxyl groups is 1. The summed E-state index contributed by atoms with van der Waals surface area (Å²) < 4.78 is 1.21. The second-order valence-corrected chi connectivity index (χ2v) is 6.60. The Kier molecular flexibility index (Phi) is 4.41. The van der Waals surface area contributed by atoms with Gasteiger partial charge in [0.15, 0.2) is 5.96 Å². The minimum Gasteiger partial charge on any atom is -0.386 e. The molecule has 0 spiro atoms. The predicted octanol–water partition coefficient (Wildman–Crippen LogP) is 2.51. The van der Waals surface area contributed by atoms with E-state index in [-0.39, 0.29) is 0 Å². The molecule has 1 atom stereocenters. The van der Waals surface area contributed by atoms with Crippen LogP contribution in [0.4, 0.5) is 0 Å². The zero-order valence-electron chi connectivity index (χ0n) is 12.2. The number of hydrogen-bond acceptors (Lipinski definition) is 3. The highest BCUT2D eigenvalue weighted by Gasteiger charge is 2.21. The zero-order chi connectivity index (χ0) is 14.7. The van der Waals surface area contributed by atoms with Gasteiger partial charge in [0.2, 0.25) is 0 Å². The summed E-state index contributed by atoms with van der Waals surface area (Å²) in [5.41, 5.74) is 0. The van der Waals surface area contributed by atoms with Crippen LogP contribution in [-0.2, 0) is 0 Å². The fourth-order valence-electron chi connectivity index (χ4n) is 2.24. The first-order chi connectivity index (χ1) is 10.3. The van der Waals surface area contributed by atoms with Crippen LogP contribution < -0.4 is 10.6 Å². The maximum Gasteiger partial charge on any atom is 0.191 e. The molecule has 3 N–H and O–H groups in total. The summed E-state index contributed by atoms with van der Waals surface area (Å²) in [5.74, 6) is 1.57. The quantitative estimate of drug-likeness (QED) is 0.587. The second kappa shape index (κ2) is 6.45. The van der Waals surface area contributed by atoms with Gasteiger partial charge in [-0.2, -0.15) is 0 Å². The van der Waals surface area contributed by atoms with Crippen molar-refractivity contribution in [2.45, 2.75) is 18.9 Å². The van der Waals surface area contributed by atoms with Crippen molar-refractivity contribution in [3.8, 4) is 0 Å². The standard InChI is InChI=1S/C16H21N3OS/c1-17-16(18-9-11-6-7-11)19-10-13(20)15-8-12-4-2-3-5-14(12)21-15/h2-5,8,11,13,20H,6-7,9-10H2,1H3,(H2,17,18,19). The van der Waals surface area contributed by atoms with E-state index in [1.165, 1.54) is 22.9 Å². The van der Waals surface area contributed by atoms with Crippen LogP contribution in [0.5, 0.6) is 0 Å². The Balaban J connectivity index is 1.55. The molecule has 3 rings (SSSR count). The molecular formula is C16H21N3OS. The predicted molar refractivity (Wildman–Crippen MR) is 88.9 cm³/mol. The van der Waals surface area contributed by atoms with Crippen molar-refractivity contribution in [3.63, 3.8) is 0 Å². The Labute approximate surface area is 128 Å². The molecule has 21 heavy (non-hydrogen) atoms. The summed E-state index contributed by atoms with van der Waals surface area (Å²) in [7, 11) is 1.76. The average molecular weight is 303 g/mol. The van der Waals surface area contributed by atoms with Crippen LogP contribution in [0.25, 0.3) is 10.1 Å². The highest BCUT2D eigenvalue weighted by atomic mass is 32.1. The maximum absolute atomic E-state index is 10.3. The van der Waals surface area contributed by atoms with Gasteiger partial charge in [-0.15, -0.1) is 11.3 Å². The molecule has 2 aromatic rings. The molecule has 0 amide bonds. The van der Waals surface area contributed by atoms with Gasteiger partial charge >= 0.3 is 0 Å². The molecule has 0 bridgehead atoms. The lowest BCUT2D eigenvalue weighted by Crippen LogP contribution is -2.40. The van der Waals surface area contributed by atoms with Crippen LogP contribution in [0, 0.1) is 5.92 Å². The fourth-order valence-corrected chi connectivity index (χ4v) is 3.29. The summed E-state index contributed by atoms with van der Waals surface area (Å²) in [6, 6.07) is 10.3. The largest absolute Gasteiger partial charge is 0.386 e. The van der Waals surface area contributed by atoms with Gasteiger partial charge in [0.1, 0.15) is 6.10 Å². The molecule has 1 aliphatic rings. The first-order valence-corrected chi connectivity index (χ1v) is 8.19. The normalized spacial score (nSPS) is 17.0. The highest BCUT2D eigenvalue weighted by molar-refractivity contribution is 7.19. The molecule has 1 aromatic heterocycles. The Hall–Kier alpha value is -1.59. The van der Waals surface area contributed by atoms with Gasteiger partial charge in [-0.25, -0.2) is 0 Å². The van der Waals surface area contributed by atoms with Gasteiger partial charge in [-0.05, 0) is 36.3 Å². The van der Waals surface area contributed by atoms with E-state index < -0.39 is 6.10 Å². The SMILES string of the molecule is CN=C(NCC1CC1)NCC(O)c1cc2ccccc2s1.